The number of carboxylic acid groups (broad SMARTS) is 1. The van der Waals surface area contributed by atoms with Crippen LogP contribution in [0.4, 0.5) is 20.3 Å². The first-order chi connectivity index (χ1) is 15.3. The van der Waals surface area contributed by atoms with E-state index in [1.165, 1.54) is 6.07 Å². The fourth-order valence-corrected chi connectivity index (χ4v) is 3.90. The van der Waals surface area contributed by atoms with E-state index >= 15 is 0 Å². The van der Waals surface area contributed by atoms with E-state index < -0.39 is 18.3 Å². The number of anilines is 2. The molecule has 1 saturated heterocycles. The summed E-state index contributed by atoms with van der Waals surface area (Å²) in [5.74, 6) is -1.49. The molecule has 0 spiro atoms. The van der Waals surface area contributed by atoms with Crippen LogP contribution in [0.2, 0.25) is 0 Å². The van der Waals surface area contributed by atoms with Crippen LogP contribution in [0.3, 0.4) is 0 Å². The normalized spacial score (nSPS) is 14.8. The molecule has 32 heavy (non-hydrogen) atoms. The minimum atomic E-state index is -2.41. The summed E-state index contributed by atoms with van der Waals surface area (Å²) in [6.07, 6.45) is -2.41. The van der Waals surface area contributed by atoms with Gasteiger partial charge in [0.25, 0.3) is 0 Å². The molecule has 164 valence electrons. The first-order valence-electron chi connectivity index (χ1n) is 10.1. The van der Waals surface area contributed by atoms with Gasteiger partial charge in [0.2, 0.25) is 6.43 Å². The van der Waals surface area contributed by atoms with Gasteiger partial charge in [-0.2, -0.15) is 5.26 Å². The summed E-state index contributed by atoms with van der Waals surface area (Å²) in [5.41, 5.74) is 3.44. The number of halogens is 2. The molecule has 1 aliphatic heterocycles. The zero-order chi connectivity index (χ0) is 23.0. The third kappa shape index (κ3) is 3.91. The van der Waals surface area contributed by atoms with Gasteiger partial charge >= 0.3 is 5.97 Å². The van der Waals surface area contributed by atoms with Crippen molar-refractivity contribution in [3.63, 3.8) is 0 Å². The second-order valence-corrected chi connectivity index (χ2v) is 7.95. The van der Waals surface area contributed by atoms with Gasteiger partial charge in [0.15, 0.2) is 11.5 Å². The molecule has 3 aromatic rings. The van der Waals surface area contributed by atoms with Gasteiger partial charge in [-0.15, -0.1) is 0 Å². The van der Waals surface area contributed by atoms with Crippen LogP contribution < -0.4 is 10.2 Å². The highest BCUT2D eigenvalue weighted by Crippen LogP contribution is 2.33. The molecule has 0 bridgehead atoms. The quantitative estimate of drug-likeness (QED) is 0.590. The van der Waals surface area contributed by atoms with E-state index in [4.69, 9.17) is 0 Å². The first kappa shape index (κ1) is 21.4. The zero-order valence-electron chi connectivity index (χ0n) is 17.5. The molecule has 0 unspecified atom stereocenters. The van der Waals surface area contributed by atoms with E-state index in [1.807, 2.05) is 32.0 Å². The number of carboxylic acids is 1. The lowest BCUT2D eigenvalue weighted by Gasteiger charge is -2.39. The number of aromatic nitrogens is 2. The van der Waals surface area contributed by atoms with Gasteiger partial charge < -0.3 is 15.3 Å². The Hall–Kier alpha value is -3.80. The smallest absolute Gasteiger partial charge is 0.337 e. The van der Waals surface area contributed by atoms with E-state index in [0.717, 1.165) is 11.1 Å². The average molecular weight is 437 g/mol. The fourth-order valence-electron chi connectivity index (χ4n) is 3.90. The van der Waals surface area contributed by atoms with Crippen LogP contribution in [0.25, 0.3) is 11.0 Å². The summed E-state index contributed by atoms with van der Waals surface area (Å²) in [6.45, 7) is 4.01. The molecular weight excluding hydrogens is 416 g/mol. The summed E-state index contributed by atoms with van der Waals surface area (Å²) in [4.78, 5) is 22.3. The molecule has 0 saturated carbocycles. The van der Waals surface area contributed by atoms with Crippen LogP contribution in [0.1, 0.15) is 40.1 Å². The van der Waals surface area contributed by atoms with Crippen molar-refractivity contribution < 1.29 is 18.7 Å². The maximum absolute atomic E-state index is 12.9. The van der Waals surface area contributed by atoms with Crippen LogP contribution in [0.5, 0.6) is 0 Å². The number of nitrogens with one attached hydrogen (secondary N) is 1. The number of fused-ring (bicyclic) bond motifs is 1. The predicted octanol–water partition coefficient (Wildman–Crippen LogP) is 4.38. The van der Waals surface area contributed by atoms with Crippen LogP contribution in [-0.4, -0.2) is 40.6 Å². The molecule has 9 heteroatoms. The van der Waals surface area contributed by atoms with E-state index in [1.54, 1.807) is 23.1 Å². The highest BCUT2D eigenvalue weighted by Gasteiger charge is 2.36. The lowest BCUT2D eigenvalue weighted by Crippen LogP contribution is -2.50. The van der Waals surface area contributed by atoms with Crippen molar-refractivity contribution in [3.8, 4) is 6.07 Å². The largest absolute Gasteiger partial charge is 0.478 e. The maximum Gasteiger partial charge on any atom is 0.337 e. The Morgan fingerprint density at radius 2 is 2.00 bits per heavy atom. The summed E-state index contributed by atoms with van der Waals surface area (Å²) in [5, 5.41) is 22.2. The minimum Gasteiger partial charge on any atom is -0.478 e. The number of hydrogen-bond acceptors (Lipinski definition) is 6. The number of aryl methyl sites for hydroxylation is 1. The standard InChI is InChI=1S/C23H21F2N5O2/c1-12-7-16(13(2)27-17-6-4-3-5-15(17)23(31)32)20-18(8-12)28-19(9-26)22(29-20)30-10-14(11-30)21(24)25/h3-8,13-14,21,27H,10-11H2,1-2H3,(H,31,32)/t13-/m1/s1. The Kier molecular flexibility index (Phi) is 5.61. The number of nitrogens with zero attached hydrogens (tertiary/aromatic N) is 4. The lowest BCUT2D eigenvalue weighted by molar-refractivity contribution is 0.0610. The van der Waals surface area contributed by atoms with Crippen molar-refractivity contribution in [2.24, 2.45) is 5.92 Å². The topological polar surface area (TPSA) is 102 Å². The monoisotopic (exact) mass is 437 g/mol. The molecular formula is C23H21F2N5O2. The van der Waals surface area contributed by atoms with Gasteiger partial charge in [-0.05, 0) is 37.6 Å². The fraction of sp³-hybridized carbons (Fsp3) is 0.304. The molecule has 1 fully saturated rings. The SMILES string of the molecule is Cc1cc([C@@H](C)Nc2ccccc2C(=O)O)c2nc(N3CC(C(F)F)C3)c(C#N)nc2c1. The van der Waals surface area contributed by atoms with Crippen molar-refractivity contribution in [2.45, 2.75) is 26.3 Å². The number of alkyl halides is 2. The Balaban J connectivity index is 1.75. The molecule has 1 aliphatic rings. The number of carbonyl (C=O) groups is 1. The minimum absolute atomic E-state index is 0.0959. The predicted molar refractivity (Wildman–Crippen MR) is 116 cm³/mol. The van der Waals surface area contributed by atoms with Gasteiger partial charge in [0.05, 0.1) is 28.6 Å². The summed E-state index contributed by atoms with van der Waals surface area (Å²) < 4.78 is 25.9. The third-order valence-corrected chi connectivity index (χ3v) is 5.59. The molecule has 1 aromatic heterocycles. The number of hydrogen-bond donors (Lipinski definition) is 2. The first-order valence-corrected chi connectivity index (χ1v) is 10.1. The van der Waals surface area contributed by atoms with Crippen molar-refractivity contribution >= 4 is 28.5 Å². The van der Waals surface area contributed by atoms with E-state index in [9.17, 15) is 23.9 Å². The van der Waals surface area contributed by atoms with Crippen LogP contribution in [-0.2, 0) is 0 Å². The van der Waals surface area contributed by atoms with Crippen molar-refractivity contribution in [1.82, 2.24) is 9.97 Å². The van der Waals surface area contributed by atoms with Crippen molar-refractivity contribution in [2.75, 3.05) is 23.3 Å². The number of benzene rings is 2. The lowest BCUT2D eigenvalue weighted by atomic mass is 10.00. The molecule has 0 aliphatic carbocycles. The average Bonchev–Trinajstić information content (AvgIpc) is 2.71. The molecule has 2 aromatic carbocycles. The highest BCUT2D eigenvalue weighted by atomic mass is 19.3. The van der Waals surface area contributed by atoms with Crippen LogP contribution in [0, 0.1) is 24.2 Å². The van der Waals surface area contributed by atoms with E-state index in [-0.39, 0.29) is 30.4 Å². The summed E-state index contributed by atoms with van der Waals surface area (Å²) in [6, 6.07) is 12.0. The van der Waals surface area contributed by atoms with Gasteiger partial charge in [-0.25, -0.2) is 23.5 Å². The second-order valence-electron chi connectivity index (χ2n) is 7.95. The molecule has 4 rings (SSSR count). The number of nitriles is 1. The Labute approximate surface area is 183 Å². The van der Waals surface area contributed by atoms with Crippen LogP contribution >= 0.6 is 0 Å². The van der Waals surface area contributed by atoms with Crippen molar-refractivity contribution in [3.05, 3.63) is 58.8 Å². The van der Waals surface area contributed by atoms with Gasteiger partial charge in [-0.3, -0.25) is 0 Å². The van der Waals surface area contributed by atoms with Gasteiger partial charge in [0.1, 0.15) is 6.07 Å². The molecule has 7 nitrogen and oxygen atoms in total. The summed E-state index contributed by atoms with van der Waals surface area (Å²) in [7, 11) is 0. The zero-order valence-corrected chi connectivity index (χ0v) is 17.5. The Morgan fingerprint density at radius 3 is 2.66 bits per heavy atom. The molecule has 2 N–H and O–H groups in total. The van der Waals surface area contributed by atoms with Crippen molar-refractivity contribution in [1.29, 1.82) is 5.26 Å². The summed E-state index contributed by atoms with van der Waals surface area (Å²) >= 11 is 0. The Bertz CT molecular complexity index is 1240. The molecule has 0 amide bonds. The van der Waals surface area contributed by atoms with Gasteiger partial charge in [-0.1, -0.05) is 18.2 Å². The third-order valence-electron chi connectivity index (χ3n) is 5.59. The number of rotatable bonds is 6. The van der Waals surface area contributed by atoms with Gasteiger partial charge in [0, 0.05) is 24.3 Å². The number of para-hydroxylation sites is 1. The number of aromatic carboxylic acids is 1. The Morgan fingerprint density at radius 1 is 1.28 bits per heavy atom. The van der Waals surface area contributed by atoms with Crippen LogP contribution in [0.15, 0.2) is 36.4 Å². The molecule has 0 radical (unpaired) electrons. The van der Waals surface area contributed by atoms with E-state index in [0.29, 0.717) is 22.5 Å². The second kappa shape index (κ2) is 8.38. The molecule has 1 atom stereocenters. The highest BCUT2D eigenvalue weighted by molar-refractivity contribution is 5.94. The van der Waals surface area contributed by atoms with E-state index in [2.05, 4.69) is 15.3 Å². The molecule has 2 heterocycles. The maximum atomic E-state index is 12.9.